The summed E-state index contributed by atoms with van der Waals surface area (Å²) in [4.78, 5) is 42.5. The van der Waals surface area contributed by atoms with Crippen molar-refractivity contribution in [1.29, 1.82) is 0 Å². The normalized spacial score (nSPS) is 12.2. The van der Waals surface area contributed by atoms with Crippen molar-refractivity contribution in [2.45, 2.75) is 39.3 Å². The third-order valence-electron chi connectivity index (χ3n) is 5.95. The molecule has 1 aromatic heterocycles. The summed E-state index contributed by atoms with van der Waals surface area (Å²) in [6, 6.07) is 16.0. The van der Waals surface area contributed by atoms with Gasteiger partial charge in [0.25, 0.3) is 5.91 Å². The first kappa shape index (κ1) is 24.4. The van der Waals surface area contributed by atoms with Crippen molar-refractivity contribution in [3.63, 3.8) is 0 Å². The number of amides is 2. The number of benzene rings is 2. The summed E-state index contributed by atoms with van der Waals surface area (Å²) in [5.41, 5.74) is 5.09. The molecule has 0 aliphatic heterocycles. The van der Waals surface area contributed by atoms with Crippen LogP contribution in [0.25, 0.3) is 11.1 Å². The summed E-state index contributed by atoms with van der Waals surface area (Å²) in [6.07, 6.45) is -0.567. The van der Waals surface area contributed by atoms with Crippen molar-refractivity contribution in [2.75, 3.05) is 13.2 Å². The first-order valence-corrected chi connectivity index (χ1v) is 12.2. The Kier molecular flexibility index (Phi) is 7.16. The van der Waals surface area contributed by atoms with Crippen molar-refractivity contribution in [3.05, 3.63) is 75.2 Å². The molecule has 2 N–H and O–H groups in total. The van der Waals surface area contributed by atoms with Gasteiger partial charge in [-0.1, -0.05) is 48.5 Å². The molecule has 0 fully saturated rings. The van der Waals surface area contributed by atoms with E-state index in [9.17, 15) is 14.4 Å². The Labute approximate surface area is 207 Å². The summed E-state index contributed by atoms with van der Waals surface area (Å²) in [5.74, 6) is -1.49. The van der Waals surface area contributed by atoms with Gasteiger partial charge in [0.05, 0.1) is 12.2 Å². The van der Waals surface area contributed by atoms with Gasteiger partial charge in [-0.05, 0) is 43.0 Å². The van der Waals surface area contributed by atoms with Crippen LogP contribution in [0.5, 0.6) is 0 Å². The molecule has 0 saturated carbocycles. The maximum atomic E-state index is 12.9. The van der Waals surface area contributed by atoms with Crippen molar-refractivity contribution >= 4 is 29.3 Å². The lowest BCUT2D eigenvalue weighted by Gasteiger charge is -2.24. The highest BCUT2D eigenvalue weighted by molar-refractivity contribution is 7.13. The lowest BCUT2D eigenvalue weighted by atomic mass is 9.98. The summed E-state index contributed by atoms with van der Waals surface area (Å²) in [6.45, 7) is 5.14. The number of hydrogen-bond acceptors (Lipinski definition) is 6. The summed E-state index contributed by atoms with van der Waals surface area (Å²) < 4.78 is 5.55. The molecule has 1 aliphatic rings. The average Bonchev–Trinajstić information content (AvgIpc) is 3.36. The van der Waals surface area contributed by atoms with E-state index >= 15 is 0 Å². The van der Waals surface area contributed by atoms with E-state index in [-0.39, 0.29) is 37.6 Å². The number of fused-ring (bicyclic) bond motifs is 3. The molecule has 2 aromatic carbocycles. The molecule has 0 spiro atoms. The number of carboxylic acids is 1. The molecule has 9 heteroatoms. The van der Waals surface area contributed by atoms with Crippen molar-refractivity contribution in [2.24, 2.45) is 0 Å². The lowest BCUT2D eigenvalue weighted by Crippen LogP contribution is -2.40. The number of aryl methyl sites for hydroxylation is 1. The fourth-order valence-corrected chi connectivity index (χ4v) is 5.25. The zero-order chi connectivity index (χ0) is 25.1. The van der Waals surface area contributed by atoms with E-state index in [1.54, 1.807) is 20.8 Å². The van der Waals surface area contributed by atoms with E-state index in [0.717, 1.165) is 33.6 Å². The number of carboxylic acid groups (broad SMARTS) is 1. The molecular formula is C26H27N3O5S. The molecule has 0 atom stereocenters. The Hall–Kier alpha value is -3.72. The average molecular weight is 494 g/mol. The van der Waals surface area contributed by atoms with Crippen LogP contribution in [0.4, 0.5) is 4.79 Å². The molecule has 35 heavy (non-hydrogen) atoms. The topological polar surface area (TPSA) is 109 Å². The predicted molar refractivity (Wildman–Crippen MR) is 133 cm³/mol. The van der Waals surface area contributed by atoms with E-state index in [2.05, 4.69) is 34.6 Å². The van der Waals surface area contributed by atoms with Crippen molar-refractivity contribution in [3.8, 4) is 11.1 Å². The fraction of sp³-hybridized carbons (Fsp3) is 0.308. The van der Waals surface area contributed by atoms with Crippen LogP contribution in [-0.4, -0.2) is 52.2 Å². The second kappa shape index (κ2) is 10.3. The number of carbonyl (C=O) groups excluding carboxylic acids is 2. The van der Waals surface area contributed by atoms with Crippen LogP contribution in [0.1, 0.15) is 51.3 Å². The molecule has 1 aliphatic carbocycles. The highest BCUT2D eigenvalue weighted by atomic mass is 32.1. The molecule has 4 rings (SSSR count). The molecule has 182 valence electrons. The SMILES string of the molecule is Cc1nc(CNC(=O)OCC2c3ccccc3-c3ccccc32)sc1C(=O)N(CC(=O)O)C(C)C. The molecule has 0 saturated heterocycles. The number of nitrogens with one attached hydrogen (secondary N) is 1. The molecule has 8 nitrogen and oxygen atoms in total. The van der Waals surface area contributed by atoms with Crippen molar-refractivity contribution < 1.29 is 24.2 Å². The Morgan fingerprint density at radius 1 is 1.09 bits per heavy atom. The van der Waals surface area contributed by atoms with Gasteiger partial charge in [0.2, 0.25) is 0 Å². The molecule has 0 radical (unpaired) electrons. The molecule has 1 heterocycles. The molecule has 0 unspecified atom stereocenters. The van der Waals surface area contributed by atoms with Crippen LogP contribution in [-0.2, 0) is 16.1 Å². The van der Waals surface area contributed by atoms with E-state index in [1.807, 2.05) is 24.3 Å². The lowest BCUT2D eigenvalue weighted by molar-refractivity contribution is -0.138. The standard InChI is InChI=1S/C26H27N3O5S/c1-15(2)29(13-23(30)31)25(32)24-16(3)28-22(35-24)12-27-26(33)34-14-21-19-10-6-4-8-17(19)18-9-5-7-11-20(18)21/h4-11,15,21H,12-14H2,1-3H3,(H,27,33)(H,30,31). The van der Waals surface area contributed by atoms with Gasteiger partial charge < -0.3 is 20.1 Å². The largest absolute Gasteiger partial charge is 0.480 e. The zero-order valence-corrected chi connectivity index (χ0v) is 20.6. The Bertz CT molecular complexity index is 1220. The molecule has 3 aromatic rings. The third kappa shape index (κ3) is 5.19. The number of nitrogens with zero attached hydrogens (tertiary/aromatic N) is 2. The van der Waals surface area contributed by atoms with E-state index in [0.29, 0.717) is 15.6 Å². The van der Waals surface area contributed by atoms with E-state index in [4.69, 9.17) is 9.84 Å². The Morgan fingerprint density at radius 2 is 1.69 bits per heavy atom. The second-order valence-corrected chi connectivity index (χ2v) is 9.71. The van der Waals surface area contributed by atoms with E-state index < -0.39 is 12.1 Å². The van der Waals surface area contributed by atoms with Gasteiger partial charge >= 0.3 is 12.1 Å². The van der Waals surface area contributed by atoms with Crippen LogP contribution in [0.3, 0.4) is 0 Å². The summed E-state index contributed by atoms with van der Waals surface area (Å²) in [7, 11) is 0. The number of aromatic nitrogens is 1. The predicted octanol–water partition coefficient (Wildman–Crippen LogP) is 4.43. The number of alkyl carbamates (subject to hydrolysis) is 1. The van der Waals surface area contributed by atoms with Crippen LogP contribution < -0.4 is 5.32 Å². The van der Waals surface area contributed by atoms with Gasteiger partial charge in [0.1, 0.15) is 23.0 Å². The first-order chi connectivity index (χ1) is 16.8. The van der Waals surface area contributed by atoms with E-state index in [1.165, 1.54) is 4.90 Å². The number of carbonyl (C=O) groups is 3. The smallest absolute Gasteiger partial charge is 0.407 e. The van der Waals surface area contributed by atoms with Gasteiger partial charge in [-0.3, -0.25) is 9.59 Å². The highest BCUT2D eigenvalue weighted by Crippen LogP contribution is 2.44. The Morgan fingerprint density at radius 3 is 2.26 bits per heavy atom. The molecule has 2 amide bonds. The molecule has 0 bridgehead atoms. The van der Waals surface area contributed by atoms with Crippen molar-refractivity contribution in [1.82, 2.24) is 15.2 Å². The summed E-state index contributed by atoms with van der Waals surface area (Å²) >= 11 is 1.14. The number of aliphatic carboxylic acids is 1. The number of rotatable bonds is 8. The third-order valence-corrected chi connectivity index (χ3v) is 7.10. The molecular weight excluding hydrogens is 466 g/mol. The zero-order valence-electron chi connectivity index (χ0n) is 19.8. The number of ether oxygens (including phenoxy) is 1. The van der Waals surface area contributed by atoms with Crippen LogP contribution >= 0.6 is 11.3 Å². The minimum Gasteiger partial charge on any atom is -0.480 e. The quantitative estimate of drug-likeness (QED) is 0.481. The second-order valence-electron chi connectivity index (χ2n) is 8.62. The van der Waals surface area contributed by atoms with Gasteiger partial charge in [-0.15, -0.1) is 11.3 Å². The van der Waals surface area contributed by atoms with Gasteiger partial charge in [0, 0.05) is 12.0 Å². The highest BCUT2D eigenvalue weighted by Gasteiger charge is 2.29. The van der Waals surface area contributed by atoms with Crippen LogP contribution in [0.15, 0.2) is 48.5 Å². The maximum absolute atomic E-state index is 12.9. The van der Waals surface area contributed by atoms with Gasteiger partial charge in [-0.25, -0.2) is 9.78 Å². The minimum absolute atomic E-state index is 0.0317. The van der Waals surface area contributed by atoms with Crippen LogP contribution in [0.2, 0.25) is 0 Å². The van der Waals surface area contributed by atoms with Crippen LogP contribution in [0, 0.1) is 6.92 Å². The fourth-order valence-electron chi connectivity index (χ4n) is 4.29. The monoisotopic (exact) mass is 493 g/mol. The maximum Gasteiger partial charge on any atom is 0.407 e. The number of hydrogen-bond donors (Lipinski definition) is 2. The minimum atomic E-state index is -1.08. The first-order valence-electron chi connectivity index (χ1n) is 11.3. The number of thiazole rings is 1. The van der Waals surface area contributed by atoms with Gasteiger partial charge in [-0.2, -0.15) is 0 Å². The Balaban J connectivity index is 1.37. The summed E-state index contributed by atoms with van der Waals surface area (Å²) in [5, 5.41) is 12.4. The van der Waals surface area contributed by atoms with Gasteiger partial charge in [0.15, 0.2) is 0 Å².